The van der Waals surface area contributed by atoms with E-state index >= 15 is 0 Å². The van der Waals surface area contributed by atoms with Crippen molar-refractivity contribution >= 4 is 38.9 Å². The van der Waals surface area contributed by atoms with Crippen molar-refractivity contribution in [1.82, 2.24) is 9.55 Å². The molecular formula is C22H17N4O+. The first kappa shape index (κ1) is 15.6. The van der Waals surface area contributed by atoms with Gasteiger partial charge >= 0.3 is 5.71 Å². The van der Waals surface area contributed by atoms with Crippen molar-refractivity contribution in [3.63, 3.8) is 0 Å². The Balaban J connectivity index is 1.94. The monoisotopic (exact) mass is 353 g/mol. The molecule has 27 heavy (non-hydrogen) atoms. The Kier molecular flexibility index (Phi) is 3.13. The molecule has 5 rings (SSSR count). The Labute approximate surface area is 155 Å². The highest BCUT2D eigenvalue weighted by molar-refractivity contribution is 6.09. The minimum Gasteiger partial charge on any atom is -0.419 e. The van der Waals surface area contributed by atoms with Gasteiger partial charge in [-0.3, -0.25) is 0 Å². The van der Waals surface area contributed by atoms with Crippen molar-refractivity contribution in [3.8, 4) is 11.4 Å². The molecule has 0 N–H and O–H groups in total. The van der Waals surface area contributed by atoms with Crippen LogP contribution in [0.5, 0.6) is 0 Å². The van der Waals surface area contributed by atoms with Crippen LogP contribution in [0.3, 0.4) is 0 Å². The topological polar surface area (TPSA) is 39.2 Å². The van der Waals surface area contributed by atoms with Crippen LogP contribution in [0, 0.1) is 13.5 Å². The van der Waals surface area contributed by atoms with Crippen LogP contribution in [-0.4, -0.2) is 9.55 Å². The van der Waals surface area contributed by atoms with E-state index in [4.69, 9.17) is 11.0 Å². The predicted octanol–water partition coefficient (Wildman–Crippen LogP) is 4.82. The molecule has 3 heterocycles. The molecule has 0 radical (unpaired) electrons. The van der Waals surface area contributed by atoms with Crippen molar-refractivity contribution in [2.75, 3.05) is 0 Å². The molecule has 0 amide bonds. The number of benzene rings is 2. The number of nitrogens with zero attached hydrogens (tertiary/aromatic N) is 4. The summed E-state index contributed by atoms with van der Waals surface area (Å²) >= 11 is 0. The highest BCUT2D eigenvalue weighted by Gasteiger charge is 2.27. The van der Waals surface area contributed by atoms with Crippen molar-refractivity contribution in [2.24, 2.45) is 14.1 Å². The zero-order valence-electron chi connectivity index (χ0n) is 15.3. The van der Waals surface area contributed by atoms with Gasteiger partial charge in [-0.25, -0.2) is 9.13 Å². The fourth-order valence-corrected chi connectivity index (χ4v) is 3.97. The summed E-state index contributed by atoms with van der Waals surface area (Å²) in [7, 11) is 4.15. The van der Waals surface area contributed by atoms with E-state index < -0.39 is 0 Å². The molecule has 0 atom stereocenters. The summed E-state index contributed by atoms with van der Waals surface area (Å²) in [5.41, 5.74) is 5.82. The van der Waals surface area contributed by atoms with Crippen LogP contribution in [0.1, 0.15) is 5.56 Å². The standard InChI is InChI=1S/C22H17N4O/c1-13-9-10-14-15-11-12-18(23-2)24-21(15)27-20(14)19(13)22-25(3)16-7-5-6-8-17(16)26(22)4/h5-12H,1,3-4H3/q+1. The Hall–Kier alpha value is -3.65. The average molecular weight is 353 g/mol. The SMILES string of the molecule is [C-]#[N+]c1ccc2c(n1)oc1c(-c3n(C)c4ccccc4[n+]3C)c(C)ccc12. The highest BCUT2D eigenvalue weighted by Crippen LogP contribution is 2.37. The van der Waals surface area contributed by atoms with Gasteiger partial charge < -0.3 is 9.26 Å². The van der Waals surface area contributed by atoms with Gasteiger partial charge in [0.1, 0.15) is 5.56 Å². The number of hydrogen-bond acceptors (Lipinski definition) is 2. The number of imidazole rings is 1. The molecule has 130 valence electrons. The Morgan fingerprint density at radius 3 is 2.63 bits per heavy atom. The van der Waals surface area contributed by atoms with Crippen LogP contribution >= 0.6 is 0 Å². The number of hydrogen-bond donors (Lipinski definition) is 0. The molecule has 0 aliphatic rings. The molecule has 5 aromatic rings. The molecular weight excluding hydrogens is 336 g/mol. The van der Waals surface area contributed by atoms with Gasteiger partial charge in [-0.2, -0.15) is 0 Å². The molecule has 0 spiro atoms. The normalized spacial score (nSPS) is 11.5. The van der Waals surface area contributed by atoms with Crippen LogP contribution in [0.2, 0.25) is 0 Å². The van der Waals surface area contributed by atoms with Gasteiger partial charge in [0.25, 0.3) is 11.6 Å². The Bertz CT molecular complexity index is 1380. The predicted molar refractivity (Wildman–Crippen MR) is 106 cm³/mol. The van der Waals surface area contributed by atoms with Gasteiger partial charge in [0.15, 0.2) is 16.6 Å². The first-order valence-electron chi connectivity index (χ1n) is 8.74. The van der Waals surface area contributed by atoms with Crippen molar-refractivity contribution in [2.45, 2.75) is 6.92 Å². The fourth-order valence-electron chi connectivity index (χ4n) is 3.97. The third-order valence-corrected chi connectivity index (χ3v) is 5.28. The minimum atomic E-state index is 0.343. The lowest BCUT2D eigenvalue weighted by atomic mass is 10.0. The lowest BCUT2D eigenvalue weighted by Crippen LogP contribution is -2.30. The minimum absolute atomic E-state index is 0.343. The van der Waals surface area contributed by atoms with Gasteiger partial charge in [-0.1, -0.05) is 41.9 Å². The third-order valence-electron chi connectivity index (χ3n) is 5.28. The second-order valence-electron chi connectivity index (χ2n) is 6.80. The van der Waals surface area contributed by atoms with Crippen molar-refractivity contribution in [1.29, 1.82) is 0 Å². The lowest BCUT2D eigenvalue weighted by Gasteiger charge is -2.04. The van der Waals surface area contributed by atoms with Crippen LogP contribution < -0.4 is 4.57 Å². The van der Waals surface area contributed by atoms with Crippen LogP contribution in [0.15, 0.2) is 52.9 Å². The molecule has 0 unspecified atom stereocenters. The number of para-hydroxylation sites is 2. The van der Waals surface area contributed by atoms with Gasteiger partial charge in [0.2, 0.25) is 0 Å². The molecule has 0 fully saturated rings. The largest absolute Gasteiger partial charge is 0.419 e. The molecule has 5 nitrogen and oxygen atoms in total. The van der Waals surface area contributed by atoms with Gasteiger partial charge in [-0.15, -0.1) is 0 Å². The Morgan fingerprint density at radius 1 is 1.07 bits per heavy atom. The van der Waals surface area contributed by atoms with Crippen molar-refractivity contribution in [3.05, 3.63) is 65.5 Å². The van der Waals surface area contributed by atoms with E-state index in [0.29, 0.717) is 11.5 Å². The third kappa shape index (κ3) is 2.04. The maximum atomic E-state index is 7.20. The highest BCUT2D eigenvalue weighted by atomic mass is 16.3. The summed E-state index contributed by atoms with van der Waals surface area (Å²) in [6.45, 7) is 9.29. The molecule has 0 bridgehead atoms. The quantitative estimate of drug-likeness (QED) is 0.320. The number of aryl methyl sites for hydroxylation is 3. The summed E-state index contributed by atoms with van der Waals surface area (Å²) < 4.78 is 10.6. The van der Waals surface area contributed by atoms with E-state index in [9.17, 15) is 0 Å². The summed E-state index contributed by atoms with van der Waals surface area (Å²) in [5, 5.41) is 1.94. The van der Waals surface area contributed by atoms with Crippen LogP contribution in [0.25, 0.3) is 49.3 Å². The van der Waals surface area contributed by atoms with E-state index in [-0.39, 0.29) is 0 Å². The molecule has 5 heteroatoms. The number of furan rings is 1. The van der Waals surface area contributed by atoms with Gasteiger partial charge in [0.05, 0.1) is 19.5 Å². The molecule has 2 aromatic carbocycles. The first-order chi connectivity index (χ1) is 13.1. The van der Waals surface area contributed by atoms with Gasteiger partial charge in [0, 0.05) is 5.39 Å². The lowest BCUT2D eigenvalue weighted by molar-refractivity contribution is -0.634. The van der Waals surface area contributed by atoms with Crippen LogP contribution in [-0.2, 0) is 14.1 Å². The summed E-state index contributed by atoms with van der Waals surface area (Å²) in [6, 6.07) is 16.2. The number of rotatable bonds is 1. The molecule has 0 saturated heterocycles. The Morgan fingerprint density at radius 2 is 1.85 bits per heavy atom. The fraction of sp³-hybridized carbons (Fsp3) is 0.136. The van der Waals surface area contributed by atoms with E-state index in [0.717, 1.165) is 44.3 Å². The van der Waals surface area contributed by atoms with Crippen LogP contribution in [0.4, 0.5) is 5.82 Å². The van der Waals surface area contributed by atoms with E-state index in [1.807, 2.05) is 6.07 Å². The zero-order valence-corrected chi connectivity index (χ0v) is 15.3. The molecule has 3 aromatic heterocycles. The van der Waals surface area contributed by atoms with Gasteiger partial charge in [-0.05, 0) is 30.7 Å². The zero-order chi connectivity index (χ0) is 18.7. The number of aromatic nitrogens is 3. The number of pyridine rings is 1. The summed E-state index contributed by atoms with van der Waals surface area (Å²) in [4.78, 5) is 7.77. The second-order valence-corrected chi connectivity index (χ2v) is 6.80. The second kappa shape index (κ2) is 5.42. The maximum Gasteiger partial charge on any atom is 0.322 e. The first-order valence-corrected chi connectivity index (χ1v) is 8.74. The molecule has 0 saturated carbocycles. The maximum absolute atomic E-state index is 7.20. The number of fused-ring (bicyclic) bond motifs is 4. The van der Waals surface area contributed by atoms with Crippen molar-refractivity contribution < 1.29 is 8.98 Å². The smallest absolute Gasteiger partial charge is 0.322 e. The molecule has 0 aliphatic heterocycles. The summed E-state index contributed by atoms with van der Waals surface area (Å²) in [5.74, 6) is 1.42. The average Bonchev–Trinajstić information content (AvgIpc) is 3.17. The summed E-state index contributed by atoms with van der Waals surface area (Å²) in [6.07, 6.45) is 0. The van der Waals surface area contributed by atoms with E-state index in [1.165, 1.54) is 0 Å². The van der Waals surface area contributed by atoms with E-state index in [2.05, 4.69) is 76.4 Å². The molecule has 0 aliphatic carbocycles. The van der Waals surface area contributed by atoms with E-state index in [1.54, 1.807) is 6.07 Å².